The number of carbonyl (C=O) groups excluding carboxylic acids is 9. The number of likely N-dealkylation sites (tertiary alicyclic amines) is 1. The molecule has 25 nitrogen and oxygen atoms in total. The maximum Gasteiger partial charge on any atom is 0.253 e. The summed E-state index contributed by atoms with van der Waals surface area (Å²) in [5, 5.41) is 46.3. The van der Waals surface area contributed by atoms with Crippen LogP contribution < -0.4 is 26.0 Å². The van der Waals surface area contributed by atoms with Gasteiger partial charge in [-0.1, -0.05) is 12.1 Å². The lowest BCUT2D eigenvalue weighted by molar-refractivity contribution is -0.256. The molecule has 0 spiro atoms. The van der Waals surface area contributed by atoms with E-state index in [0.717, 1.165) is 17.1 Å². The molecule has 0 aromatic heterocycles. The number of ketones is 2. The molecule has 2 aliphatic carbocycles. The molecule has 0 radical (unpaired) electrons. The maximum atomic E-state index is 14.2. The molecule has 5 aliphatic heterocycles. The number of fused-ring (bicyclic) bond motifs is 6. The van der Waals surface area contributed by atoms with Crippen LogP contribution in [0, 0.1) is 0 Å². The van der Waals surface area contributed by atoms with Gasteiger partial charge in [0.05, 0.1) is 55.7 Å². The van der Waals surface area contributed by atoms with Gasteiger partial charge in [0.15, 0.2) is 24.6 Å². The first-order chi connectivity index (χ1) is 34.9. The summed E-state index contributed by atoms with van der Waals surface area (Å²) in [5.41, 5.74) is -3.93. The third kappa shape index (κ3) is 9.64. The van der Waals surface area contributed by atoms with Gasteiger partial charge in [0.1, 0.15) is 35.0 Å². The Hall–Kier alpha value is -6.87. The van der Waals surface area contributed by atoms with Crippen molar-refractivity contribution in [3.8, 4) is 17.2 Å². The standard InChI is InChI=1S/C48H55N7O18/c1-22-43-26(54-15-16-70-46(69-3)45(54)73-43)17-34(71-22)72-28-19-48(67,18-24-36(28)42(64)38-37(40(24)62)39(61)23-5-4-6-27(68-2)35(23)41(38)63)47(66)49-11-14-53-12-9-25(44(53)65)52-31(58)21-51-30(57)20-50-29(56)10-13-55-32(59)7-8-33(55)60/h4-8,22,25-26,28,34,43,45-46,62,64,67H,9-21H2,1-3H3,(H,49,66)(H,50,56)(H,51,57)(H,52,58)/t22-,25?,26-,28-,34-,43+,45+,46-,48-/m0/s1. The number of nitrogens with one attached hydrogen (secondary N) is 4. The van der Waals surface area contributed by atoms with E-state index in [1.807, 2.05) is 0 Å². The molecular weight excluding hydrogens is 963 g/mol. The summed E-state index contributed by atoms with van der Waals surface area (Å²) in [6.07, 6.45) is -3.44. The minimum Gasteiger partial charge on any atom is -0.507 e. The molecule has 2 aromatic rings. The highest BCUT2D eigenvalue weighted by Crippen LogP contribution is 2.53. The number of nitrogens with zero attached hydrogens (tertiary/aromatic N) is 3. The van der Waals surface area contributed by atoms with Crippen LogP contribution >= 0.6 is 0 Å². The molecule has 0 bridgehead atoms. The molecule has 0 saturated carbocycles. The highest BCUT2D eigenvalue weighted by Gasteiger charge is 2.55. The smallest absolute Gasteiger partial charge is 0.253 e. The second-order valence-electron chi connectivity index (χ2n) is 18.7. The lowest BCUT2D eigenvalue weighted by Crippen LogP contribution is -2.55. The van der Waals surface area contributed by atoms with Gasteiger partial charge < -0.3 is 69.9 Å². The molecule has 1 unspecified atom stereocenters. The highest BCUT2D eigenvalue weighted by atomic mass is 16.7. The third-order valence-corrected chi connectivity index (χ3v) is 14.3. The van der Waals surface area contributed by atoms with E-state index in [-0.39, 0.29) is 79.5 Å². The van der Waals surface area contributed by atoms with Crippen molar-refractivity contribution >= 4 is 52.9 Å². The Morgan fingerprint density at radius 2 is 1.59 bits per heavy atom. The van der Waals surface area contributed by atoms with E-state index in [1.165, 1.54) is 37.3 Å². The average molecular weight is 1020 g/mol. The average Bonchev–Trinajstić information content (AvgIpc) is 4.04. The fraction of sp³-hybridized carbons (Fsp3) is 0.521. The van der Waals surface area contributed by atoms with Crippen molar-refractivity contribution in [3.63, 3.8) is 0 Å². The van der Waals surface area contributed by atoms with Crippen LogP contribution in [0.1, 0.15) is 81.7 Å². The summed E-state index contributed by atoms with van der Waals surface area (Å²) < 4.78 is 35.9. The van der Waals surface area contributed by atoms with E-state index in [0.29, 0.717) is 13.2 Å². The Bertz CT molecular complexity index is 2680. The summed E-state index contributed by atoms with van der Waals surface area (Å²) in [7, 11) is 2.83. The van der Waals surface area contributed by atoms with Crippen molar-refractivity contribution < 1.29 is 86.9 Å². The molecule has 7 N–H and O–H groups in total. The number of aliphatic hydroxyl groups is 1. The number of phenols is 2. The van der Waals surface area contributed by atoms with Gasteiger partial charge in [-0.2, -0.15) is 0 Å². The van der Waals surface area contributed by atoms with Gasteiger partial charge in [-0.25, -0.2) is 0 Å². The first-order valence-electron chi connectivity index (χ1n) is 23.8. The third-order valence-electron chi connectivity index (χ3n) is 14.3. The number of morpholine rings is 1. The van der Waals surface area contributed by atoms with Crippen LogP contribution in [0.3, 0.4) is 0 Å². The molecule has 5 heterocycles. The normalized spacial score (nSPS) is 28.2. The summed E-state index contributed by atoms with van der Waals surface area (Å²) in [4.78, 5) is 121. The number of phenolic OH excluding ortho intramolecular Hbond substituents is 2. The lowest BCUT2D eigenvalue weighted by Gasteiger charge is -2.43. The van der Waals surface area contributed by atoms with Gasteiger partial charge in [-0.05, 0) is 19.4 Å². The lowest BCUT2D eigenvalue weighted by atomic mass is 9.72. The predicted molar refractivity (Wildman–Crippen MR) is 244 cm³/mol. The van der Waals surface area contributed by atoms with E-state index < -0.39 is 150 Å². The van der Waals surface area contributed by atoms with E-state index in [1.54, 1.807) is 6.92 Å². The van der Waals surface area contributed by atoms with Crippen LogP contribution in [0.15, 0.2) is 30.4 Å². The zero-order valence-electron chi connectivity index (χ0n) is 40.0. The predicted octanol–water partition coefficient (Wildman–Crippen LogP) is -2.47. The number of ether oxygens (including phenoxy) is 6. The minimum atomic E-state index is -2.37. The Balaban J connectivity index is 0.849. The highest BCUT2D eigenvalue weighted by molar-refractivity contribution is 6.31. The fourth-order valence-electron chi connectivity index (χ4n) is 10.7. The number of rotatable bonds is 16. The van der Waals surface area contributed by atoms with Gasteiger partial charge in [0.25, 0.3) is 17.7 Å². The van der Waals surface area contributed by atoms with E-state index in [4.69, 9.17) is 28.4 Å². The van der Waals surface area contributed by atoms with Crippen LogP contribution in [0.2, 0.25) is 0 Å². The van der Waals surface area contributed by atoms with Crippen LogP contribution in [0.25, 0.3) is 0 Å². The number of methoxy groups -OCH3 is 2. The summed E-state index contributed by atoms with van der Waals surface area (Å²) >= 11 is 0. The Labute approximate surface area is 416 Å². The number of amides is 7. The number of imide groups is 1. The van der Waals surface area contributed by atoms with Crippen molar-refractivity contribution in [1.82, 2.24) is 36.0 Å². The Morgan fingerprint density at radius 1 is 0.863 bits per heavy atom. The Kier molecular flexibility index (Phi) is 14.4. The first kappa shape index (κ1) is 51.0. The van der Waals surface area contributed by atoms with Crippen LogP contribution in [0.4, 0.5) is 0 Å². The quantitative estimate of drug-likeness (QED) is 0.0578. The second-order valence-corrected chi connectivity index (χ2v) is 18.7. The number of aromatic hydroxyl groups is 2. The van der Waals surface area contributed by atoms with Crippen LogP contribution in [0.5, 0.6) is 17.2 Å². The summed E-state index contributed by atoms with van der Waals surface area (Å²) in [6, 6.07) is 3.14. The zero-order chi connectivity index (χ0) is 52.0. The largest absolute Gasteiger partial charge is 0.507 e. The molecule has 4 saturated heterocycles. The molecule has 4 fully saturated rings. The number of hydrogen-bond donors (Lipinski definition) is 7. The molecule has 390 valence electrons. The molecule has 25 heteroatoms. The van der Waals surface area contributed by atoms with Gasteiger partial charge in [0, 0.05) is 100 Å². The molecule has 9 atom stereocenters. The Morgan fingerprint density at radius 3 is 2.33 bits per heavy atom. The van der Waals surface area contributed by atoms with Gasteiger partial charge in [0.2, 0.25) is 29.4 Å². The first-order valence-corrected chi connectivity index (χ1v) is 23.8. The van der Waals surface area contributed by atoms with Crippen molar-refractivity contribution in [3.05, 3.63) is 63.7 Å². The van der Waals surface area contributed by atoms with E-state index in [9.17, 15) is 58.5 Å². The molecule has 2 aromatic carbocycles. The topological polar surface area (TPSA) is 328 Å². The number of carbonyl (C=O) groups is 9. The maximum absolute atomic E-state index is 14.2. The fourth-order valence-corrected chi connectivity index (χ4v) is 10.7. The van der Waals surface area contributed by atoms with Crippen LogP contribution in [-0.4, -0.2) is 198 Å². The zero-order valence-corrected chi connectivity index (χ0v) is 40.0. The van der Waals surface area contributed by atoms with Crippen LogP contribution in [-0.2, 0) is 63.7 Å². The summed E-state index contributed by atoms with van der Waals surface area (Å²) in [6.45, 7) is 1.44. The number of hydrogen-bond acceptors (Lipinski definition) is 19. The molecule has 73 heavy (non-hydrogen) atoms. The SMILES string of the molecule is COc1cccc2c1C(=O)c1c(O)c3c(c(O)c1C2=O)C[C@@](O)(C(=O)NCCN1CCC(NC(=O)CNC(=O)CNC(=O)CCN2C(=O)C=CC2=O)C1=O)C[C@@H]3O[C@H]1C[C@H]2[C@H](O[C@@H]3[C@@H](OC)OCCN32)[C@H](C)O1. The van der Waals surface area contributed by atoms with E-state index >= 15 is 0 Å². The molecular formula is C48H55N7O18. The van der Waals surface area contributed by atoms with Gasteiger partial charge in [-0.3, -0.25) is 53.0 Å². The number of benzene rings is 2. The van der Waals surface area contributed by atoms with Crippen molar-refractivity contribution in [1.29, 1.82) is 0 Å². The van der Waals surface area contributed by atoms with Crippen molar-refractivity contribution in [2.24, 2.45) is 0 Å². The van der Waals surface area contributed by atoms with Crippen molar-refractivity contribution in [2.45, 2.75) is 93.8 Å². The van der Waals surface area contributed by atoms with E-state index in [2.05, 4.69) is 26.2 Å². The van der Waals surface area contributed by atoms with Gasteiger partial charge >= 0.3 is 0 Å². The molecule has 7 amide bonds. The monoisotopic (exact) mass is 1020 g/mol. The summed E-state index contributed by atoms with van der Waals surface area (Å²) in [5.74, 6) is -7.49. The minimum absolute atomic E-state index is 0.0551. The van der Waals surface area contributed by atoms with Gasteiger partial charge in [-0.15, -0.1) is 0 Å². The molecule has 7 aliphatic rings. The second kappa shape index (κ2) is 20.6. The molecule has 9 rings (SSSR count). The van der Waals surface area contributed by atoms with Crippen molar-refractivity contribution in [2.75, 3.05) is 66.6 Å².